The Morgan fingerprint density at radius 3 is 2.62 bits per heavy atom. The Morgan fingerprint density at radius 1 is 1.11 bits per heavy atom. The largest absolute Gasteiger partial charge is 0.489 e. The van der Waals surface area contributed by atoms with E-state index in [1.165, 1.54) is 36.4 Å². The van der Waals surface area contributed by atoms with E-state index in [1.54, 1.807) is 42.5 Å². The zero-order valence-corrected chi connectivity index (χ0v) is 20.2. The number of rotatable bonds is 8. The van der Waals surface area contributed by atoms with E-state index in [4.69, 9.17) is 17.0 Å². The molecule has 186 valence electrons. The highest BCUT2D eigenvalue weighted by Gasteiger charge is 2.35. The van der Waals surface area contributed by atoms with Crippen LogP contribution in [0, 0.1) is 15.9 Å². The molecular weight excluding hydrogens is 497 g/mol. The first-order valence-corrected chi connectivity index (χ1v) is 11.4. The molecule has 3 aromatic carbocycles. The van der Waals surface area contributed by atoms with Crippen molar-refractivity contribution in [2.45, 2.75) is 13.0 Å². The second kappa shape index (κ2) is 10.9. The van der Waals surface area contributed by atoms with Crippen molar-refractivity contribution in [2.24, 2.45) is 0 Å². The van der Waals surface area contributed by atoms with Crippen molar-refractivity contribution < 1.29 is 23.6 Å². The predicted octanol–water partition coefficient (Wildman–Crippen LogP) is 4.87. The van der Waals surface area contributed by atoms with Gasteiger partial charge in [0.2, 0.25) is 0 Å². The van der Waals surface area contributed by atoms with Gasteiger partial charge in [-0.05, 0) is 65.7 Å². The van der Waals surface area contributed by atoms with Crippen LogP contribution >= 0.6 is 12.2 Å². The summed E-state index contributed by atoms with van der Waals surface area (Å²) in [5.74, 6) is -1.59. The van der Waals surface area contributed by atoms with E-state index < -0.39 is 22.6 Å². The smallest absolute Gasteiger partial charge is 0.270 e. The number of carbonyl (C=O) groups is 2. The van der Waals surface area contributed by atoms with Gasteiger partial charge in [0.15, 0.2) is 5.11 Å². The second-order valence-corrected chi connectivity index (χ2v) is 8.37. The van der Waals surface area contributed by atoms with Gasteiger partial charge in [0, 0.05) is 12.1 Å². The Morgan fingerprint density at radius 2 is 1.89 bits per heavy atom. The molecule has 1 aliphatic rings. The van der Waals surface area contributed by atoms with Gasteiger partial charge in [0.1, 0.15) is 23.7 Å². The number of para-hydroxylation sites is 1. The molecule has 0 unspecified atom stereocenters. The maximum Gasteiger partial charge on any atom is 0.270 e. The van der Waals surface area contributed by atoms with E-state index >= 15 is 0 Å². The SMILES string of the molecule is C=CCc1cc(/C=C2\C(=O)NC(=S)N(c3ccccc3F)C2=O)ccc1OCc1cccc([N+](=O)[O-])c1. The Kier molecular flexibility index (Phi) is 7.49. The number of hydrogen-bond acceptors (Lipinski definition) is 6. The quantitative estimate of drug-likeness (QED) is 0.114. The lowest BCUT2D eigenvalue weighted by Crippen LogP contribution is -2.54. The number of ether oxygens (including phenoxy) is 1. The van der Waals surface area contributed by atoms with Gasteiger partial charge < -0.3 is 4.74 Å². The highest BCUT2D eigenvalue weighted by molar-refractivity contribution is 7.80. The normalized spacial score (nSPS) is 14.5. The summed E-state index contributed by atoms with van der Waals surface area (Å²) in [6, 6.07) is 16.8. The molecule has 0 aliphatic carbocycles. The summed E-state index contributed by atoms with van der Waals surface area (Å²) < 4.78 is 20.3. The van der Waals surface area contributed by atoms with E-state index in [9.17, 15) is 24.1 Å². The van der Waals surface area contributed by atoms with Crippen LogP contribution in [0.4, 0.5) is 15.8 Å². The molecular formula is C27H20FN3O5S. The highest BCUT2D eigenvalue weighted by Crippen LogP contribution is 2.27. The third kappa shape index (κ3) is 5.60. The molecule has 1 aliphatic heterocycles. The Labute approximate surface area is 216 Å². The third-order valence-corrected chi connectivity index (χ3v) is 5.76. The molecule has 3 aromatic rings. The van der Waals surface area contributed by atoms with Crippen molar-refractivity contribution in [1.82, 2.24) is 5.32 Å². The maximum absolute atomic E-state index is 14.4. The van der Waals surface area contributed by atoms with Crippen molar-refractivity contribution in [2.75, 3.05) is 4.90 Å². The van der Waals surface area contributed by atoms with Gasteiger partial charge in [-0.2, -0.15) is 0 Å². The third-order valence-electron chi connectivity index (χ3n) is 5.47. The first kappa shape index (κ1) is 25.4. The number of nitrogens with zero attached hydrogens (tertiary/aromatic N) is 2. The number of nitrogens with one attached hydrogen (secondary N) is 1. The molecule has 8 nitrogen and oxygen atoms in total. The zero-order valence-electron chi connectivity index (χ0n) is 19.3. The molecule has 0 spiro atoms. The van der Waals surface area contributed by atoms with Gasteiger partial charge in [0.05, 0.1) is 10.6 Å². The summed E-state index contributed by atoms with van der Waals surface area (Å²) in [6.07, 6.45) is 3.49. The van der Waals surface area contributed by atoms with E-state index in [1.807, 2.05) is 0 Å². The fourth-order valence-corrected chi connectivity index (χ4v) is 4.02. The minimum atomic E-state index is -0.755. The van der Waals surface area contributed by atoms with Gasteiger partial charge >= 0.3 is 0 Å². The molecule has 0 bridgehead atoms. The fourth-order valence-electron chi connectivity index (χ4n) is 3.74. The monoisotopic (exact) mass is 517 g/mol. The molecule has 1 heterocycles. The second-order valence-electron chi connectivity index (χ2n) is 7.98. The van der Waals surface area contributed by atoms with Crippen molar-refractivity contribution in [1.29, 1.82) is 0 Å². The van der Waals surface area contributed by atoms with Crippen LogP contribution in [-0.2, 0) is 22.6 Å². The molecule has 0 saturated carbocycles. The van der Waals surface area contributed by atoms with E-state index in [-0.39, 0.29) is 28.7 Å². The number of non-ortho nitro benzene ring substituents is 1. The summed E-state index contributed by atoms with van der Waals surface area (Å²) in [7, 11) is 0. The summed E-state index contributed by atoms with van der Waals surface area (Å²) in [6.45, 7) is 3.85. The lowest BCUT2D eigenvalue weighted by Gasteiger charge is -2.29. The number of allylic oxidation sites excluding steroid dienone is 1. The number of halogens is 1. The summed E-state index contributed by atoms with van der Waals surface area (Å²) in [4.78, 5) is 37.3. The molecule has 1 saturated heterocycles. The highest BCUT2D eigenvalue weighted by atomic mass is 32.1. The molecule has 4 rings (SSSR count). The van der Waals surface area contributed by atoms with Crippen molar-refractivity contribution in [3.05, 3.63) is 118 Å². The lowest BCUT2D eigenvalue weighted by molar-refractivity contribution is -0.384. The molecule has 0 atom stereocenters. The van der Waals surface area contributed by atoms with E-state index in [0.29, 0.717) is 23.3 Å². The number of benzene rings is 3. The van der Waals surface area contributed by atoms with Gasteiger partial charge in [0.25, 0.3) is 17.5 Å². The van der Waals surface area contributed by atoms with Crippen LogP contribution in [0.2, 0.25) is 0 Å². The average molecular weight is 518 g/mol. The minimum Gasteiger partial charge on any atom is -0.489 e. The average Bonchev–Trinajstić information content (AvgIpc) is 2.87. The number of nitro benzene ring substituents is 1. The summed E-state index contributed by atoms with van der Waals surface area (Å²) >= 11 is 5.12. The Balaban J connectivity index is 1.61. The molecule has 2 amide bonds. The van der Waals surface area contributed by atoms with Crippen molar-refractivity contribution in [3.8, 4) is 5.75 Å². The first-order chi connectivity index (χ1) is 17.8. The van der Waals surface area contributed by atoms with Crippen LogP contribution in [0.15, 0.2) is 85.0 Å². The predicted molar refractivity (Wildman–Crippen MR) is 140 cm³/mol. The van der Waals surface area contributed by atoms with Crippen LogP contribution < -0.4 is 15.0 Å². The van der Waals surface area contributed by atoms with Gasteiger partial charge in [-0.15, -0.1) is 6.58 Å². The van der Waals surface area contributed by atoms with Crippen LogP contribution in [-0.4, -0.2) is 21.9 Å². The molecule has 1 fully saturated rings. The molecule has 0 aromatic heterocycles. The number of thiocarbonyl (C=S) groups is 1. The number of nitro groups is 1. The topological polar surface area (TPSA) is 102 Å². The summed E-state index contributed by atoms with van der Waals surface area (Å²) in [5.41, 5.74) is 1.55. The molecule has 37 heavy (non-hydrogen) atoms. The van der Waals surface area contributed by atoms with Gasteiger partial charge in [-0.1, -0.05) is 36.4 Å². The molecule has 10 heteroatoms. The number of amides is 2. The first-order valence-electron chi connectivity index (χ1n) is 11.0. The van der Waals surface area contributed by atoms with Crippen LogP contribution in [0.5, 0.6) is 5.75 Å². The standard InChI is InChI=1S/C27H20FN3O5S/c1-2-6-19-13-17(11-12-24(19)36-16-18-7-5-8-20(14-18)31(34)35)15-21-25(32)29-27(37)30(26(21)33)23-10-4-3-9-22(23)28/h2-5,7-15H,1,6,16H2,(H,29,32,37)/b21-15+. The van der Waals surface area contributed by atoms with Crippen LogP contribution in [0.1, 0.15) is 16.7 Å². The van der Waals surface area contributed by atoms with E-state index in [2.05, 4.69) is 11.9 Å². The van der Waals surface area contributed by atoms with Gasteiger partial charge in [-0.25, -0.2) is 9.29 Å². The van der Waals surface area contributed by atoms with Gasteiger partial charge in [-0.3, -0.25) is 25.0 Å². The Bertz CT molecular complexity index is 1470. The minimum absolute atomic E-state index is 0.0336. The summed E-state index contributed by atoms with van der Waals surface area (Å²) in [5, 5.41) is 13.2. The maximum atomic E-state index is 14.4. The van der Waals surface area contributed by atoms with E-state index in [0.717, 1.165) is 10.5 Å². The van der Waals surface area contributed by atoms with Crippen molar-refractivity contribution in [3.63, 3.8) is 0 Å². The lowest BCUT2D eigenvalue weighted by atomic mass is 10.0. The zero-order chi connectivity index (χ0) is 26.5. The Hall–Kier alpha value is -4.70. The molecule has 0 radical (unpaired) electrons. The number of anilines is 1. The van der Waals surface area contributed by atoms with Crippen LogP contribution in [0.3, 0.4) is 0 Å². The molecule has 1 N–H and O–H groups in total. The van der Waals surface area contributed by atoms with Crippen LogP contribution in [0.25, 0.3) is 6.08 Å². The number of carbonyl (C=O) groups excluding carboxylic acids is 2. The van der Waals surface area contributed by atoms with Crippen molar-refractivity contribution >= 4 is 46.6 Å². The fraction of sp³-hybridized carbons (Fsp3) is 0.0741. The number of hydrogen-bond donors (Lipinski definition) is 1.